The van der Waals surface area contributed by atoms with E-state index in [-0.39, 0.29) is 24.7 Å². The molecule has 19 heavy (non-hydrogen) atoms. The second-order valence-corrected chi connectivity index (χ2v) is 4.76. The summed E-state index contributed by atoms with van der Waals surface area (Å²) >= 11 is 0. The highest BCUT2D eigenvalue weighted by atomic mass is 16.5. The molecule has 0 saturated carbocycles. The topological polar surface area (TPSA) is 83.9 Å². The second-order valence-electron chi connectivity index (χ2n) is 4.76. The summed E-state index contributed by atoms with van der Waals surface area (Å²) in [6, 6.07) is 0. The Balaban J connectivity index is 2.30. The third-order valence-electron chi connectivity index (χ3n) is 3.11. The average molecular weight is 271 g/mol. The van der Waals surface area contributed by atoms with E-state index in [1.54, 1.807) is 4.90 Å². The molecule has 0 radical (unpaired) electrons. The summed E-state index contributed by atoms with van der Waals surface area (Å²) in [7, 11) is 0. The average Bonchev–Trinajstić information content (AvgIpc) is 2.71. The molecule has 1 aliphatic rings. The molecule has 0 aromatic carbocycles. The Bertz CT molecular complexity index is 342. The van der Waals surface area contributed by atoms with Crippen molar-refractivity contribution in [3.63, 3.8) is 0 Å². The zero-order valence-electron chi connectivity index (χ0n) is 11.3. The number of ether oxygens (including phenoxy) is 1. The fraction of sp³-hybridized carbons (Fsp3) is 0.769. The van der Waals surface area contributed by atoms with Gasteiger partial charge in [0.25, 0.3) is 0 Å². The molecule has 0 bridgehead atoms. The monoisotopic (exact) mass is 271 g/mol. The lowest BCUT2D eigenvalue weighted by Gasteiger charge is -2.15. The Morgan fingerprint density at radius 1 is 1.42 bits per heavy atom. The quantitative estimate of drug-likeness (QED) is 0.527. The van der Waals surface area contributed by atoms with Crippen LogP contribution in [0.3, 0.4) is 0 Å². The maximum atomic E-state index is 11.7. The van der Waals surface area contributed by atoms with Crippen LogP contribution in [0.4, 0.5) is 0 Å². The summed E-state index contributed by atoms with van der Waals surface area (Å²) in [6.45, 7) is 3.16. The van der Waals surface area contributed by atoms with Gasteiger partial charge in [0.15, 0.2) is 0 Å². The van der Waals surface area contributed by atoms with Crippen LogP contribution in [-0.2, 0) is 19.1 Å². The number of aliphatic carboxylic acids is 1. The lowest BCUT2D eigenvalue weighted by Crippen LogP contribution is -2.28. The van der Waals surface area contributed by atoms with Crippen molar-refractivity contribution >= 4 is 17.8 Å². The first-order valence-corrected chi connectivity index (χ1v) is 6.70. The van der Waals surface area contributed by atoms with Gasteiger partial charge in [-0.2, -0.15) is 0 Å². The van der Waals surface area contributed by atoms with Gasteiger partial charge in [0.2, 0.25) is 5.91 Å². The number of carboxylic acid groups (broad SMARTS) is 1. The Morgan fingerprint density at radius 3 is 2.79 bits per heavy atom. The minimum atomic E-state index is -0.873. The third kappa shape index (κ3) is 5.28. The summed E-state index contributed by atoms with van der Waals surface area (Å²) in [6.07, 6.45) is 2.42. The molecular weight excluding hydrogens is 250 g/mol. The van der Waals surface area contributed by atoms with Gasteiger partial charge in [-0.05, 0) is 12.8 Å². The number of carbonyl (C=O) groups excluding carboxylic acids is 2. The van der Waals surface area contributed by atoms with Crippen molar-refractivity contribution < 1.29 is 24.2 Å². The summed E-state index contributed by atoms with van der Waals surface area (Å²) in [5.74, 6) is -1.68. The van der Waals surface area contributed by atoms with Gasteiger partial charge in [-0.3, -0.25) is 14.4 Å². The molecule has 1 heterocycles. The minimum Gasteiger partial charge on any atom is -0.481 e. The molecule has 1 saturated heterocycles. The highest BCUT2D eigenvalue weighted by Gasteiger charge is 2.34. The zero-order chi connectivity index (χ0) is 14.3. The van der Waals surface area contributed by atoms with E-state index < -0.39 is 11.9 Å². The molecule has 1 unspecified atom stereocenters. The van der Waals surface area contributed by atoms with E-state index >= 15 is 0 Å². The van der Waals surface area contributed by atoms with E-state index in [9.17, 15) is 14.4 Å². The van der Waals surface area contributed by atoms with Crippen molar-refractivity contribution in [3.05, 3.63) is 0 Å². The number of carbonyl (C=O) groups is 3. The molecule has 108 valence electrons. The van der Waals surface area contributed by atoms with E-state index in [1.165, 1.54) is 0 Å². The Labute approximate surface area is 112 Å². The number of nitrogens with zero attached hydrogens (tertiary/aromatic N) is 1. The van der Waals surface area contributed by atoms with Gasteiger partial charge >= 0.3 is 11.9 Å². The number of carboxylic acids is 1. The fourth-order valence-electron chi connectivity index (χ4n) is 2.00. The predicted octanol–water partition coefficient (Wildman–Crippen LogP) is 1.04. The second kappa shape index (κ2) is 7.76. The van der Waals surface area contributed by atoms with Crippen LogP contribution in [0.1, 0.15) is 39.0 Å². The third-order valence-corrected chi connectivity index (χ3v) is 3.11. The van der Waals surface area contributed by atoms with Gasteiger partial charge < -0.3 is 14.7 Å². The van der Waals surface area contributed by atoms with E-state index in [0.29, 0.717) is 26.1 Å². The smallest absolute Gasteiger partial charge is 0.311 e. The van der Waals surface area contributed by atoms with E-state index in [4.69, 9.17) is 9.84 Å². The lowest BCUT2D eigenvalue weighted by molar-refractivity contribution is -0.148. The van der Waals surface area contributed by atoms with Gasteiger partial charge in [-0.1, -0.05) is 13.3 Å². The molecule has 1 N–H and O–H groups in total. The number of rotatable bonds is 8. The van der Waals surface area contributed by atoms with Crippen LogP contribution in [0.5, 0.6) is 0 Å². The molecule has 0 aliphatic carbocycles. The molecule has 1 rings (SSSR count). The first-order valence-electron chi connectivity index (χ1n) is 6.70. The number of hydrogen-bond donors (Lipinski definition) is 1. The molecule has 6 heteroatoms. The van der Waals surface area contributed by atoms with Crippen LogP contribution >= 0.6 is 0 Å². The van der Waals surface area contributed by atoms with Crippen molar-refractivity contribution in [2.75, 3.05) is 19.7 Å². The van der Waals surface area contributed by atoms with Crippen LogP contribution in [0.2, 0.25) is 0 Å². The molecule has 1 amide bonds. The fourth-order valence-corrected chi connectivity index (χ4v) is 2.00. The molecule has 6 nitrogen and oxygen atoms in total. The number of hydrogen-bond acceptors (Lipinski definition) is 4. The number of unbranched alkanes of at least 4 members (excludes halogenated alkanes) is 1. The summed E-state index contributed by atoms with van der Waals surface area (Å²) in [5, 5.41) is 8.54. The number of likely N-dealkylation sites (tertiary alicyclic amines) is 1. The Morgan fingerprint density at radius 2 is 2.16 bits per heavy atom. The molecule has 1 aliphatic heterocycles. The highest BCUT2D eigenvalue weighted by Crippen LogP contribution is 2.19. The molecule has 1 fully saturated rings. The van der Waals surface area contributed by atoms with Gasteiger partial charge in [0.1, 0.15) is 0 Å². The van der Waals surface area contributed by atoms with E-state index in [0.717, 1.165) is 12.8 Å². The van der Waals surface area contributed by atoms with Crippen LogP contribution in [0, 0.1) is 5.92 Å². The maximum Gasteiger partial charge on any atom is 0.311 e. The Hall–Kier alpha value is -1.59. The summed E-state index contributed by atoms with van der Waals surface area (Å²) in [5.41, 5.74) is 0. The Kier molecular flexibility index (Phi) is 6.32. The highest BCUT2D eigenvalue weighted by molar-refractivity contribution is 5.86. The normalized spacial score (nSPS) is 18.7. The van der Waals surface area contributed by atoms with E-state index in [1.807, 2.05) is 6.92 Å². The van der Waals surface area contributed by atoms with Crippen LogP contribution in [-0.4, -0.2) is 47.5 Å². The minimum absolute atomic E-state index is 0.0371. The largest absolute Gasteiger partial charge is 0.481 e. The molecule has 0 spiro atoms. The van der Waals surface area contributed by atoms with Crippen molar-refractivity contribution in [1.82, 2.24) is 4.90 Å². The molecule has 1 atom stereocenters. The molecule has 0 aromatic heterocycles. The van der Waals surface area contributed by atoms with Gasteiger partial charge in [0, 0.05) is 25.9 Å². The van der Waals surface area contributed by atoms with Crippen molar-refractivity contribution in [3.8, 4) is 0 Å². The molecular formula is C13H21NO5. The predicted molar refractivity (Wildman–Crippen MR) is 67.4 cm³/mol. The van der Waals surface area contributed by atoms with Gasteiger partial charge in [0.05, 0.1) is 12.5 Å². The first-order chi connectivity index (χ1) is 9.04. The number of esters is 1. The van der Waals surface area contributed by atoms with E-state index in [2.05, 4.69) is 0 Å². The van der Waals surface area contributed by atoms with Crippen molar-refractivity contribution in [2.45, 2.75) is 39.0 Å². The van der Waals surface area contributed by atoms with Gasteiger partial charge in [-0.15, -0.1) is 0 Å². The molecule has 0 aromatic rings. The zero-order valence-corrected chi connectivity index (χ0v) is 11.3. The lowest BCUT2D eigenvalue weighted by atomic mass is 10.1. The van der Waals surface area contributed by atoms with Crippen molar-refractivity contribution in [1.29, 1.82) is 0 Å². The van der Waals surface area contributed by atoms with Crippen LogP contribution < -0.4 is 0 Å². The maximum absolute atomic E-state index is 11.7. The van der Waals surface area contributed by atoms with Gasteiger partial charge in [-0.25, -0.2) is 0 Å². The standard InChI is InChI=1S/C13H21NO5/c1-2-3-7-19-13(18)10-8-11(15)14(9-10)6-4-5-12(16)17/h10H,2-9H2,1H3,(H,16,17). The summed E-state index contributed by atoms with van der Waals surface area (Å²) in [4.78, 5) is 35.3. The van der Waals surface area contributed by atoms with Crippen LogP contribution in [0.25, 0.3) is 0 Å². The van der Waals surface area contributed by atoms with Crippen molar-refractivity contribution in [2.24, 2.45) is 5.92 Å². The first kappa shape index (κ1) is 15.5. The van der Waals surface area contributed by atoms with Crippen LogP contribution in [0.15, 0.2) is 0 Å². The summed E-state index contributed by atoms with van der Waals surface area (Å²) < 4.78 is 5.09. The number of amides is 1. The SMILES string of the molecule is CCCCOC(=O)C1CC(=O)N(CCCC(=O)O)C1.